The molecule has 1 amide bonds. The Bertz CT molecular complexity index is 767. The molecule has 1 atom stereocenters. The second-order valence-electron chi connectivity index (χ2n) is 6.71. The van der Waals surface area contributed by atoms with E-state index in [1.807, 2.05) is 0 Å². The quantitative estimate of drug-likeness (QED) is 0.811. The Labute approximate surface area is 146 Å². The first-order valence-corrected chi connectivity index (χ1v) is 9.84. The number of nitrogens with zero attached hydrogens (tertiary/aromatic N) is 2. The molecule has 3 rings (SSSR count). The van der Waals surface area contributed by atoms with Crippen LogP contribution in [0.3, 0.4) is 0 Å². The first-order valence-electron chi connectivity index (χ1n) is 8.40. The van der Waals surface area contributed by atoms with Gasteiger partial charge in [0.25, 0.3) is 10.0 Å². The Morgan fingerprint density at radius 1 is 1.28 bits per heavy atom. The van der Waals surface area contributed by atoms with Crippen LogP contribution in [-0.2, 0) is 14.8 Å². The zero-order chi connectivity index (χ0) is 18.2. The SMILES string of the molecule is CN(CC1CCC1)C(=O)C1CCCN1S(=O)(=O)c1ccc(C(=O)O)o1. The van der Waals surface area contributed by atoms with Crippen molar-refractivity contribution in [3.05, 3.63) is 17.9 Å². The minimum Gasteiger partial charge on any atom is -0.475 e. The highest BCUT2D eigenvalue weighted by Crippen LogP contribution is 2.30. The molecule has 138 valence electrons. The van der Waals surface area contributed by atoms with Crippen LogP contribution < -0.4 is 0 Å². The van der Waals surface area contributed by atoms with Gasteiger partial charge in [0.2, 0.25) is 16.8 Å². The topological polar surface area (TPSA) is 108 Å². The van der Waals surface area contributed by atoms with Gasteiger partial charge in [0.05, 0.1) is 0 Å². The summed E-state index contributed by atoms with van der Waals surface area (Å²) in [5, 5.41) is 8.45. The third kappa shape index (κ3) is 3.43. The normalized spacial score (nSPS) is 21.9. The third-order valence-corrected chi connectivity index (χ3v) is 6.76. The summed E-state index contributed by atoms with van der Waals surface area (Å²) < 4.78 is 31.6. The first kappa shape index (κ1) is 17.9. The third-order valence-electron chi connectivity index (χ3n) is 4.98. The minimum absolute atomic E-state index is 0.210. The highest BCUT2D eigenvalue weighted by Gasteiger charge is 2.42. The van der Waals surface area contributed by atoms with E-state index in [0.717, 1.165) is 29.3 Å². The van der Waals surface area contributed by atoms with Gasteiger partial charge in [-0.2, -0.15) is 4.31 Å². The lowest BCUT2D eigenvalue weighted by atomic mass is 9.85. The number of carbonyl (C=O) groups excluding carboxylic acids is 1. The summed E-state index contributed by atoms with van der Waals surface area (Å²) in [6, 6.07) is 1.47. The van der Waals surface area contributed by atoms with E-state index in [4.69, 9.17) is 9.52 Å². The lowest BCUT2D eigenvalue weighted by Gasteiger charge is -2.32. The summed E-state index contributed by atoms with van der Waals surface area (Å²) in [4.78, 5) is 25.2. The molecular weight excluding hydrogens is 348 g/mol. The van der Waals surface area contributed by atoms with Crippen LogP contribution >= 0.6 is 0 Å². The van der Waals surface area contributed by atoms with Gasteiger partial charge in [-0.05, 0) is 43.7 Å². The maximum atomic E-state index is 12.8. The molecular formula is C16H22N2O6S. The molecule has 9 heteroatoms. The number of sulfonamides is 1. The molecule has 2 aliphatic rings. The fraction of sp³-hybridized carbons (Fsp3) is 0.625. The number of hydrogen-bond donors (Lipinski definition) is 1. The summed E-state index contributed by atoms with van der Waals surface area (Å²) in [6.07, 6.45) is 4.43. The molecule has 1 unspecified atom stereocenters. The second-order valence-corrected chi connectivity index (χ2v) is 8.53. The fourth-order valence-corrected chi connectivity index (χ4v) is 4.94. The van der Waals surface area contributed by atoms with Crippen LogP contribution in [0.15, 0.2) is 21.6 Å². The fourth-order valence-electron chi connectivity index (χ4n) is 3.37. The zero-order valence-electron chi connectivity index (χ0n) is 14.1. The smallest absolute Gasteiger partial charge is 0.371 e. The van der Waals surface area contributed by atoms with Crippen molar-refractivity contribution < 1.29 is 27.5 Å². The van der Waals surface area contributed by atoms with Crippen LogP contribution in [0, 0.1) is 5.92 Å². The predicted molar refractivity (Wildman–Crippen MR) is 87.6 cm³/mol. The highest BCUT2D eigenvalue weighted by molar-refractivity contribution is 7.89. The highest BCUT2D eigenvalue weighted by atomic mass is 32.2. The molecule has 8 nitrogen and oxygen atoms in total. The molecule has 2 heterocycles. The van der Waals surface area contributed by atoms with E-state index in [-0.39, 0.29) is 12.5 Å². The van der Waals surface area contributed by atoms with Crippen molar-refractivity contribution in [2.45, 2.75) is 43.2 Å². The van der Waals surface area contributed by atoms with Gasteiger partial charge in [-0.1, -0.05) is 6.42 Å². The standard InChI is InChI=1S/C16H22N2O6S/c1-17(10-11-4-2-5-11)15(19)12-6-3-9-18(12)25(22,23)14-8-7-13(24-14)16(20)21/h7-8,11-12H,2-6,9-10H2,1H3,(H,20,21). The molecule has 0 spiro atoms. The number of rotatable bonds is 6. The van der Waals surface area contributed by atoms with Crippen molar-refractivity contribution in [3.8, 4) is 0 Å². The molecule has 1 N–H and O–H groups in total. The van der Waals surface area contributed by atoms with E-state index in [1.165, 1.54) is 6.42 Å². The number of carboxylic acids is 1. The van der Waals surface area contributed by atoms with Gasteiger partial charge in [0.1, 0.15) is 6.04 Å². The maximum absolute atomic E-state index is 12.8. The molecule has 1 aliphatic heterocycles. The first-order chi connectivity index (χ1) is 11.8. The van der Waals surface area contributed by atoms with Gasteiger partial charge in [-0.15, -0.1) is 0 Å². The Hall–Kier alpha value is -1.87. The van der Waals surface area contributed by atoms with Crippen molar-refractivity contribution in [2.24, 2.45) is 5.92 Å². The van der Waals surface area contributed by atoms with E-state index in [1.54, 1.807) is 11.9 Å². The van der Waals surface area contributed by atoms with Crippen LogP contribution in [0.5, 0.6) is 0 Å². The summed E-state index contributed by atoms with van der Waals surface area (Å²) in [5.41, 5.74) is 0. The number of likely N-dealkylation sites (N-methyl/N-ethyl adjacent to an activating group) is 1. The minimum atomic E-state index is -4.04. The van der Waals surface area contributed by atoms with Crippen molar-refractivity contribution in [1.29, 1.82) is 0 Å². The predicted octanol–water partition coefficient (Wildman–Crippen LogP) is 1.39. The number of carbonyl (C=O) groups is 2. The maximum Gasteiger partial charge on any atom is 0.371 e. The van der Waals surface area contributed by atoms with Crippen LogP contribution in [0.25, 0.3) is 0 Å². The summed E-state index contributed by atoms with van der Waals surface area (Å²) in [5.74, 6) is -1.49. The Kier molecular flexibility index (Phi) is 4.88. The van der Waals surface area contributed by atoms with E-state index in [2.05, 4.69) is 0 Å². The van der Waals surface area contributed by atoms with Crippen molar-refractivity contribution in [3.63, 3.8) is 0 Å². The number of hydrogen-bond acceptors (Lipinski definition) is 5. The molecule has 0 aromatic carbocycles. The van der Waals surface area contributed by atoms with E-state index < -0.39 is 32.9 Å². The van der Waals surface area contributed by atoms with Crippen molar-refractivity contribution in [2.75, 3.05) is 20.1 Å². The number of aromatic carboxylic acids is 1. The molecule has 0 bridgehead atoms. The van der Waals surface area contributed by atoms with Gasteiger partial charge < -0.3 is 14.4 Å². The Balaban J connectivity index is 1.77. The van der Waals surface area contributed by atoms with Crippen molar-refractivity contribution in [1.82, 2.24) is 9.21 Å². The molecule has 1 saturated heterocycles. The average molecular weight is 370 g/mol. The molecule has 0 radical (unpaired) electrons. The monoisotopic (exact) mass is 370 g/mol. The summed E-state index contributed by atoms with van der Waals surface area (Å²) >= 11 is 0. The van der Waals surface area contributed by atoms with E-state index in [0.29, 0.717) is 25.3 Å². The Morgan fingerprint density at radius 3 is 2.56 bits per heavy atom. The Morgan fingerprint density at radius 2 is 2.00 bits per heavy atom. The average Bonchev–Trinajstić information content (AvgIpc) is 3.18. The van der Waals surface area contributed by atoms with Gasteiger partial charge in [-0.25, -0.2) is 13.2 Å². The van der Waals surface area contributed by atoms with Crippen LogP contribution in [-0.4, -0.2) is 60.8 Å². The summed E-state index contributed by atoms with van der Waals surface area (Å²) in [7, 11) is -2.34. The van der Waals surface area contributed by atoms with Gasteiger partial charge in [0.15, 0.2) is 0 Å². The molecule has 25 heavy (non-hydrogen) atoms. The van der Waals surface area contributed by atoms with Crippen LogP contribution in [0.1, 0.15) is 42.7 Å². The molecule has 1 aliphatic carbocycles. The number of furan rings is 1. The molecule has 2 fully saturated rings. The molecule has 1 saturated carbocycles. The largest absolute Gasteiger partial charge is 0.475 e. The molecule has 1 aromatic rings. The number of carboxylic acid groups (broad SMARTS) is 1. The van der Waals surface area contributed by atoms with Gasteiger partial charge in [0, 0.05) is 20.1 Å². The zero-order valence-corrected chi connectivity index (χ0v) is 14.9. The molecule has 1 aromatic heterocycles. The van der Waals surface area contributed by atoms with Crippen LogP contribution in [0.4, 0.5) is 0 Å². The van der Waals surface area contributed by atoms with Gasteiger partial charge in [-0.3, -0.25) is 4.79 Å². The summed E-state index contributed by atoms with van der Waals surface area (Å²) in [6.45, 7) is 0.867. The van der Waals surface area contributed by atoms with E-state index >= 15 is 0 Å². The van der Waals surface area contributed by atoms with Gasteiger partial charge >= 0.3 is 5.97 Å². The lowest BCUT2D eigenvalue weighted by Crippen LogP contribution is -2.47. The number of amides is 1. The lowest BCUT2D eigenvalue weighted by molar-refractivity contribution is -0.134. The van der Waals surface area contributed by atoms with Crippen LogP contribution in [0.2, 0.25) is 0 Å². The second kappa shape index (κ2) is 6.80. The van der Waals surface area contributed by atoms with Crippen molar-refractivity contribution >= 4 is 21.9 Å². The van der Waals surface area contributed by atoms with E-state index in [9.17, 15) is 18.0 Å².